The number of thiophene rings is 1. The zero-order chi connectivity index (χ0) is 21.4. The van der Waals surface area contributed by atoms with E-state index in [4.69, 9.17) is 0 Å². The molecule has 1 aromatic heterocycles. The van der Waals surface area contributed by atoms with Crippen LogP contribution < -0.4 is 15.1 Å². The van der Waals surface area contributed by atoms with E-state index in [0.29, 0.717) is 23.7 Å². The molecule has 3 amide bonds. The first-order valence-corrected chi connectivity index (χ1v) is 11.1. The van der Waals surface area contributed by atoms with Crippen molar-refractivity contribution in [3.05, 3.63) is 76.5 Å². The third-order valence-electron chi connectivity index (χ3n) is 5.79. The van der Waals surface area contributed by atoms with E-state index in [2.05, 4.69) is 5.32 Å². The second-order valence-electron chi connectivity index (χ2n) is 7.76. The summed E-state index contributed by atoms with van der Waals surface area (Å²) in [6.07, 6.45) is 0.985. The highest BCUT2D eigenvalue weighted by molar-refractivity contribution is 7.12. The molecule has 0 spiro atoms. The molecule has 2 aliphatic rings. The number of nitrogens with zero attached hydrogens (tertiary/aromatic N) is 2. The fourth-order valence-corrected chi connectivity index (χ4v) is 4.86. The van der Waals surface area contributed by atoms with Crippen LogP contribution in [0.2, 0.25) is 0 Å². The molecule has 1 atom stereocenters. The van der Waals surface area contributed by atoms with E-state index < -0.39 is 5.92 Å². The molecule has 1 unspecified atom stereocenters. The Bertz CT molecular complexity index is 1140. The zero-order valence-corrected chi connectivity index (χ0v) is 17.6. The van der Waals surface area contributed by atoms with Gasteiger partial charge in [0.1, 0.15) is 0 Å². The van der Waals surface area contributed by atoms with Gasteiger partial charge < -0.3 is 15.1 Å². The lowest BCUT2D eigenvalue weighted by molar-refractivity contribution is -0.122. The van der Waals surface area contributed by atoms with Gasteiger partial charge in [0.05, 0.1) is 10.8 Å². The molecule has 1 saturated heterocycles. The number of nitrogens with one attached hydrogen (secondary N) is 1. The van der Waals surface area contributed by atoms with E-state index in [1.54, 1.807) is 9.80 Å². The molecule has 1 fully saturated rings. The van der Waals surface area contributed by atoms with Gasteiger partial charge in [-0.2, -0.15) is 0 Å². The molecule has 6 nitrogen and oxygen atoms in total. The van der Waals surface area contributed by atoms with Gasteiger partial charge in [-0.1, -0.05) is 30.3 Å². The summed E-state index contributed by atoms with van der Waals surface area (Å²) in [4.78, 5) is 42.3. The molecule has 2 aromatic carbocycles. The van der Waals surface area contributed by atoms with Crippen LogP contribution in [-0.2, 0) is 16.0 Å². The maximum absolute atomic E-state index is 12.9. The number of para-hydroxylation sites is 1. The number of carbonyl (C=O) groups excluding carboxylic acids is 3. The minimum atomic E-state index is -0.412. The fourth-order valence-electron chi connectivity index (χ4n) is 4.19. The predicted octanol–water partition coefficient (Wildman–Crippen LogP) is 3.94. The maximum Gasteiger partial charge on any atom is 0.268 e. The summed E-state index contributed by atoms with van der Waals surface area (Å²) in [7, 11) is 0. The molecule has 1 N–H and O–H groups in total. The molecule has 156 valence electrons. The first-order valence-electron chi connectivity index (χ1n) is 10.2. The summed E-state index contributed by atoms with van der Waals surface area (Å²) in [5, 5.41) is 4.84. The average molecular weight is 432 g/mol. The van der Waals surface area contributed by atoms with E-state index >= 15 is 0 Å². The second-order valence-corrected chi connectivity index (χ2v) is 8.71. The van der Waals surface area contributed by atoms with E-state index in [9.17, 15) is 14.4 Å². The van der Waals surface area contributed by atoms with Crippen LogP contribution in [0.1, 0.15) is 21.7 Å². The van der Waals surface area contributed by atoms with Crippen LogP contribution in [0.5, 0.6) is 0 Å². The van der Waals surface area contributed by atoms with Crippen LogP contribution in [0.25, 0.3) is 0 Å². The monoisotopic (exact) mass is 431 g/mol. The standard InChI is InChI=1S/C24H21N3O3S/c28-22-13-17(15-27(22)19-5-2-1-3-6-19)23(29)25-18-9-8-16-10-11-26(20(16)14-18)24(30)21-7-4-12-31-21/h1-9,12,14,17H,10-11,13,15H2,(H,25,29). The van der Waals surface area contributed by atoms with Gasteiger partial charge in [0.15, 0.2) is 0 Å². The Balaban J connectivity index is 1.30. The number of benzene rings is 2. The molecular formula is C24H21N3O3S. The Morgan fingerprint density at radius 3 is 2.65 bits per heavy atom. The van der Waals surface area contributed by atoms with Crippen molar-refractivity contribution in [1.29, 1.82) is 0 Å². The van der Waals surface area contributed by atoms with Crippen molar-refractivity contribution < 1.29 is 14.4 Å². The van der Waals surface area contributed by atoms with Gasteiger partial charge >= 0.3 is 0 Å². The fraction of sp³-hybridized carbons (Fsp3) is 0.208. The first-order chi connectivity index (χ1) is 15.1. The molecule has 31 heavy (non-hydrogen) atoms. The maximum atomic E-state index is 12.9. The van der Waals surface area contributed by atoms with Crippen molar-refractivity contribution in [1.82, 2.24) is 0 Å². The lowest BCUT2D eigenvalue weighted by Crippen LogP contribution is -2.29. The highest BCUT2D eigenvalue weighted by Gasteiger charge is 2.35. The van der Waals surface area contributed by atoms with Gasteiger partial charge in [-0.15, -0.1) is 11.3 Å². The largest absolute Gasteiger partial charge is 0.326 e. The van der Waals surface area contributed by atoms with Crippen LogP contribution >= 0.6 is 11.3 Å². The third-order valence-corrected chi connectivity index (χ3v) is 6.65. The molecule has 5 rings (SSSR count). The summed E-state index contributed by atoms with van der Waals surface area (Å²) in [6.45, 7) is 0.995. The lowest BCUT2D eigenvalue weighted by Gasteiger charge is -2.18. The van der Waals surface area contributed by atoms with Gasteiger partial charge in [0, 0.05) is 36.6 Å². The smallest absolute Gasteiger partial charge is 0.268 e. The quantitative estimate of drug-likeness (QED) is 0.680. The van der Waals surface area contributed by atoms with Gasteiger partial charge in [-0.05, 0) is 47.7 Å². The zero-order valence-electron chi connectivity index (χ0n) is 16.8. The van der Waals surface area contributed by atoms with Crippen molar-refractivity contribution >= 4 is 46.1 Å². The molecular weight excluding hydrogens is 410 g/mol. The van der Waals surface area contributed by atoms with Gasteiger partial charge in [0.2, 0.25) is 11.8 Å². The minimum absolute atomic E-state index is 0.0166. The summed E-state index contributed by atoms with van der Waals surface area (Å²) >= 11 is 1.43. The Kier molecular flexibility index (Phi) is 5.03. The van der Waals surface area contributed by atoms with Crippen LogP contribution in [-0.4, -0.2) is 30.8 Å². The average Bonchev–Trinajstić information content (AvgIpc) is 3.53. The SMILES string of the molecule is O=C(Nc1ccc2c(c1)N(C(=O)c1cccs1)CC2)C1CC(=O)N(c2ccccc2)C1. The van der Waals surface area contributed by atoms with Crippen LogP contribution in [0.4, 0.5) is 17.1 Å². The molecule has 3 heterocycles. The van der Waals surface area contributed by atoms with E-state index in [1.165, 1.54) is 11.3 Å². The molecule has 2 aliphatic heterocycles. The predicted molar refractivity (Wildman–Crippen MR) is 122 cm³/mol. The molecule has 3 aromatic rings. The van der Waals surface area contributed by atoms with E-state index in [0.717, 1.165) is 23.4 Å². The van der Waals surface area contributed by atoms with E-state index in [-0.39, 0.29) is 24.1 Å². The van der Waals surface area contributed by atoms with Gasteiger partial charge in [0.25, 0.3) is 5.91 Å². The lowest BCUT2D eigenvalue weighted by atomic mass is 10.1. The van der Waals surface area contributed by atoms with Crippen molar-refractivity contribution in [3.8, 4) is 0 Å². The summed E-state index contributed by atoms with van der Waals surface area (Å²) in [5.41, 5.74) is 3.38. The summed E-state index contributed by atoms with van der Waals surface area (Å²) in [6, 6.07) is 18.8. The number of rotatable bonds is 4. The molecule has 0 aliphatic carbocycles. The second kappa shape index (κ2) is 8.00. The Hall–Kier alpha value is -3.45. The van der Waals surface area contributed by atoms with Crippen LogP contribution in [0, 0.1) is 5.92 Å². The van der Waals surface area contributed by atoms with Crippen molar-refractivity contribution in [2.75, 3.05) is 28.2 Å². The van der Waals surface area contributed by atoms with Crippen molar-refractivity contribution in [2.24, 2.45) is 5.92 Å². The number of fused-ring (bicyclic) bond motifs is 1. The van der Waals surface area contributed by atoms with Crippen molar-refractivity contribution in [3.63, 3.8) is 0 Å². The van der Waals surface area contributed by atoms with Gasteiger partial charge in [-0.25, -0.2) is 0 Å². The molecule has 0 bridgehead atoms. The Labute approximate surface area is 184 Å². The highest BCUT2D eigenvalue weighted by atomic mass is 32.1. The molecule has 0 radical (unpaired) electrons. The minimum Gasteiger partial charge on any atom is -0.326 e. The normalized spacial score (nSPS) is 17.7. The number of hydrogen-bond acceptors (Lipinski definition) is 4. The summed E-state index contributed by atoms with van der Waals surface area (Å²) in [5.74, 6) is -0.657. The van der Waals surface area contributed by atoms with Gasteiger partial charge in [-0.3, -0.25) is 14.4 Å². The van der Waals surface area contributed by atoms with Crippen LogP contribution in [0.3, 0.4) is 0 Å². The summed E-state index contributed by atoms with van der Waals surface area (Å²) < 4.78 is 0. The van der Waals surface area contributed by atoms with Crippen molar-refractivity contribution in [2.45, 2.75) is 12.8 Å². The van der Waals surface area contributed by atoms with Crippen LogP contribution in [0.15, 0.2) is 66.0 Å². The number of hydrogen-bond donors (Lipinski definition) is 1. The topological polar surface area (TPSA) is 69.7 Å². The number of anilines is 3. The molecule has 0 saturated carbocycles. The number of carbonyl (C=O) groups is 3. The molecule has 7 heteroatoms. The first kappa shape index (κ1) is 19.5. The third kappa shape index (κ3) is 3.72. The Morgan fingerprint density at radius 2 is 1.87 bits per heavy atom. The highest BCUT2D eigenvalue weighted by Crippen LogP contribution is 2.33. The van der Waals surface area contributed by atoms with E-state index in [1.807, 2.05) is 66.0 Å². The number of amides is 3. The Morgan fingerprint density at radius 1 is 1.03 bits per heavy atom.